The van der Waals surface area contributed by atoms with Crippen LogP contribution in [0.4, 0.5) is 17.6 Å². The van der Waals surface area contributed by atoms with Gasteiger partial charge in [-0.05, 0) is 39.0 Å². The van der Waals surface area contributed by atoms with Crippen LogP contribution in [0.2, 0.25) is 0 Å². The fourth-order valence-electron chi connectivity index (χ4n) is 2.57. The van der Waals surface area contributed by atoms with Crippen molar-refractivity contribution in [2.45, 2.75) is 39.1 Å². The number of alkyl halides is 3. The predicted molar refractivity (Wildman–Crippen MR) is 98.9 cm³/mol. The smallest absolute Gasteiger partial charge is 0.422 e. The molecule has 0 aliphatic carbocycles. The molecule has 0 spiro atoms. The highest BCUT2D eigenvalue weighted by molar-refractivity contribution is 5.76. The second-order valence-corrected chi connectivity index (χ2v) is 7.47. The van der Waals surface area contributed by atoms with Gasteiger partial charge in [0.2, 0.25) is 0 Å². The van der Waals surface area contributed by atoms with E-state index < -0.39 is 48.4 Å². The van der Waals surface area contributed by atoms with Crippen LogP contribution in [0, 0.1) is 5.82 Å². The summed E-state index contributed by atoms with van der Waals surface area (Å²) in [4.78, 5) is 31.9. The Morgan fingerprint density at radius 1 is 1.23 bits per heavy atom. The molecule has 0 saturated heterocycles. The minimum Gasteiger partial charge on any atom is -0.466 e. The summed E-state index contributed by atoms with van der Waals surface area (Å²) in [6.07, 6.45) is -3.57. The van der Waals surface area contributed by atoms with E-state index in [1.54, 1.807) is 20.8 Å². The van der Waals surface area contributed by atoms with Crippen molar-refractivity contribution >= 4 is 17.2 Å². The van der Waals surface area contributed by atoms with E-state index in [2.05, 4.69) is 14.7 Å². The lowest BCUT2D eigenvalue weighted by atomic mass is 10.2. The summed E-state index contributed by atoms with van der Waals surface area (Å²) in [5.74, 6) is -3.47. The molecule has 0 aliphatic rings. The summed E-state index contributed by atoms with van der Waals surface area (Å²) >= 11 is 0. The van der Waals surface area contributed by atoms with Gasteiger partial charge < -0.3 is 13.9 Å². The first-order valence-corrected chi connectivity index (χ1v) is 8.90. The van der Waals surface area contributed by atoms with E-state index in [-0.39, 0.29) is 22.5 Å². The van der Waals surface area contributed by atoms with Crippen molar-refractivity contribution in [3.63, 3.8) is 0 Å². The van der Waals surface area contributed by atoms with Gasteiger partial charge in [0, 0.05) is 11.8 Å². The lowest BCUT2D eigenvalue weighted by Gasteiger charge is -2.19. The van der Waals surface area contributed by atoms with Gasteiger partial charge in [-0.2, -0.15) is 13.2 Å². The van der Waals surface area contributed by atoms with Gasteiger partial charge in [0.05, 0.1) is 5.69 Å². The molecule has 3 aromatic heterocycles. The van der Waals surface area contributed by atoms with Gasteiger partial charge in [0.1, 0.15) is 12.1 Å². The first kappa shape index (κ1) is 22.2. The van der Waals surface area contributed by atoms with E-state index in [0.717, 1.165) is 16.8 Å². The first-order chi connectivity index (χ1) is 14.3. The Labute approximate surface area is 172 Å². The zero-order chi connectivity index (χ0) is 23.0. The molecule has 0 fully saturated rings. The molecule has 0 N–H and O–H groups in total. The second kappa shape index (κ2) is 8.00. The Kier molecular flexibility index (Phi) is 5.74. The number of ether oxygens (including phenoxy) is 2. The third-order valence-electron chi connectivity index (χ3n) is 3.70. The van der Waals surface area contributed by atoms with Crippen LogP contribution in [0.25, 0.3) is 22.5 Å². The van der Waals surface area contributed by atoms with Crippen LogP contribution < -0.4 is 10.5 Å². The predicted octanol–water partition coefficient (Wildman–Crippen LogP) is 3.47. The molecule has 3 heterocycles. The molecule has 12 heteroatoms. The van der Waals surface area contributed by atoms with Crippen LogP contribution in [-0.2, 0) is 16.1 Å². The van der Waals surface area contributed by atoms with Crippen LogP contribution in [0.1, 0.15) is 20.8 Å². The molecule has 0 amide bonds. The van der Waals surface area contributed by atoms with Gasteiger partial charge in [0.15, 0.2) is 23.7 Å². The van der Waals surface area contributed by atoms with Gasteiger partial charge in [-0.25, -0.2) is 23.7 Å². The maximum Gasteiger partial charge on any atom is 0.422 e. The minimum absolute atomic E-state index is 0.00571. The van der Waals surface area contributed by atoms with E-state index in [4.69, 9.17) is 9.15 Å². The molecule has 3 aromatic rings. The topological polar surface area (TPSA) is 96.5 Å². The highest BCUT2D eigenvalue weighted by Gasteiger charge is 2.29. The first-order valence-electron chi connectivity index (χ1n) is 8.90. The van der Waals surface area contributed by atoms with Crippen LogP contribution in [0.15, 0.2) is 33.6 Å². The third-order valence-corrected chi connectivity index (χ3v) is 3.70. The molecular formula is C19H17F4N3O5. The molecule has 8 nitrogen and oxygen atoms in total. The molecule has 0 bridgehead atoms. The average molecular weight is 443 g/mol. The van der Waals surface area contributed by atoms with Crippen molar-refractivity contribution in [2.24, 2.45) is 0 Å². The second-order valence-electron chi connectivity index (χ2n) is 7.47. The Hall–Kier alpha value is -3.44. The van der Waals surface area contributed by atoms with Gasteiger partial charge in [-0.1, -0.05) is 0 Å². The zero-order valence-electron chi connectivity index (χ0n) is 16.6. The number of hydrogen-bond acceptors (Lipinski definition) is 7. The normalized spacial score (nSPS) is 12.2. The Balaban J connectivity index is 1.91. The summed E-state index contributed by atoms with van der Waals surface area (Å²) in [5, 5.41) is 0. The van der Waals surface area contributed by atoms with Crippen molar-refractivity contribution < 1.29 is 36.2 Å². The minimum atomic E-state index is -4.64. The van der Waals surface area contributed by atoms with Crippen molar-refractivity contribution in [3.05, 3.63) is 40.8 Å². The SMILES string of the molecule is CC(C)(C)OC(=O)Cn1c(=O)oc2ccc(-c3cnc(OCC(F)(F)F)c(F)c3)nc21. The number of esters is 1. The zero-order valence-corrected chi connectivity index (χ0v) is 16.6. The van der Waals surface area contributed by atoms with Gasteiger partial charge in [-0.3, -0.25) is 4.79 Å². The van der Waals surface area contributed by atoms with Crippen molar-refractivity contribution in [2.75, 3.05) is 6.61 Å². The lowest BCUT2D eigenvalue weighted by molar-refractivity contribution is -0.156. The molecule has 31 heavy (non-hydrogen) atoms. The quantitative estimate of drug-likeness (QED) is 0.440. The Morgan fingerprint density at radius 3 is 2.55 bits per heavy atom. The Bertz CT molecular complexity index is 1180. The number of nitrogens with zero attached hydrogens (tertiary/aromatic N) is 3. The third kappa shape index (κ3) is 5.58. The molecule has 0 aliphatic heterocycles. The van der Waals surface area contributed by atoms with E-state index in [9.17, 15) is 27.2 Å². The van der Waals surface area contributed by atoms with Crippen LogP contribution >= 0.6 is 0 Å². The lowest BCUT2D eigenvalue weighted by Crippen LogP contribution is -2.29. The van der Waals surface area contributed by atoms with E-state index in [0.29, 0.717) is 0 Å². The number of pyridine rings is 2. The van der Waals surface area contributed by atoms with Gasteiger partial charge >= 0.3 is 17.9 Å². The molecule has 0 saturated carbocycles. The Morgan fingerprint density at radius 2 is 1.94 bits per heavy atom. The number of oxazole rings is 1. The number of carbonyl (C=O) groups is 1. The number of aromatic nitrogens is 3. The summed E-state index contributed by atoms with van der Waals surface area (Å²) < 4.78 is 66.3. The molecule has 166 valence electrons. The van der Waals surface area contributed by atoms with Crippen molar-refractivity contribution in [3.8, 4) is 17.1 Å². The highest BCUT2D eigenvalue weighted by atomic mass is 19.4. The average Bonchev–Trinajstić information content (AvgIpc) is 2.93. The fraction of sp³-hybridized carbons (Fsp3) is 0.368. The molecule has 0 aromatic carbocycles. The van der Waals surface area contributed by atoms with E-state index in [1.165, 1.54) is 12.1 Å². The largest absolute Gasteiger partial charge is 0.466 e. The number of hydrogen-bond donors (Lipinski definition) is 0. The maximum absolute atomic E-state index is 14.1. The fourth-order valence-corrected chi connectivity index (χ4v) is 2.57. The standard InChI is InChI=1S/C19H17F4N3O5/c1-18(2,3)31-14(27)8-26-15-13(30-17(26)28)5-4-12(25-15)10-6-11(20)16(24-7-10)29-9-19(21,22)23/h4-7H,8-9H2,1-3H3. The van der Waals surface area contributed by atoms with Gasteiger partial charge in [0.25, 0.3) is 5.88 Å². The molecular weight excluding hydrogens is 426 g/mol. The summed E-state index contributed by atoms with van der Waals surface area (Å²) in [6, 6.07) is 3.68. The van der Waals surface area contributed by atoms with Crippen LogP contribution in [0.3, 0.4) is 0 Å². The van der Waals surface area contributed by atoms with E-state index in [1.807, 2.05) is 0 Å². The van der Waals surface area contributed by atoms with Crippen LogP contribution in [0.5, 0.6) is 5.88 Å². The molecule has 3 rings (SSSR count). The number of fused-ring (bicyclic) bond motifs is 1. The van der Waals surface area contributed by atoms with Crippen molar-refractivity contribution in [1.82, 2.24) is 14.5 Å². The molecule has 0 unspecified atom stereocenters. The number of carbonyl (C=O) groups excluding carboxylic acids is 1. The number of halogens is 4. The van der Waals surface area contributed by atoms with Crippen LogP contribution in [-0.4, -0.2) is 38.9 Å². The summed E-state index contributed by atoms with van der Waals surface area (Å²) in [6.45, 7) is 2.85. The summed E-state index contributed by atoms with van der Waals surface area (Å²) in [7, 11) is 0. The highest BCUT2D eigenvalue weighted by Crippen LogP contribution is 2.25. The van der Waals surface area contributed by atoms with Crippen molar-refractivity contribution in [1.29, 1.82) is 0 Å². The molecule has 0 radical (unpaired) electrons. The maximum atomic E-state index is 14.1. The summed E-state index contributed by atoms with van der Waals surface area (Å²) in [5.41, 5.74) is -0.434. The van der Waals surface area contributed by atoms with E-state index >= 15 is 0 Å². The number of rotatable bonds is 5. The monoisotopic (exact) mass is 443 g/mol. The van der Waals surface area contributed by atoms with Gasteiger partial charge in [-0.15, -0.1) is 0 Å². The molecule has 0 atom stereocenters.